The third-order valence-corrected chi connectivity index (χ3v) is 5.12. The zero-order valence-electron chi connectivity index (χ0n) is 12.1. The highest BCUT2D eigenvalue weighted by Crippen LogP contribution is 2.33. The van der Waals surface area contributed by atoms with Gasteiger partial charge in [0.15, 0.2) is 0 Å². The molecule has 0 heterocycles. The van der Waals surface area contributed by atoms with Crippen molar-refractivity contribution in [3.8, 4) is 0 Å². The quantitative estimate of drug-likeness (QED) is 0.818. The van der Waals surface area contributed by atoms with E-state index < -0.39 is 5.60 Å². The molecule has 2 aliphatic rings. The molecule has 0 aliphatic heterocycles. The van der Waals surface area contributed by atoms with Crippen molar-refractivity contribution < 1.29 is 9.90 Å². The fourth-order valence-corrected chi connectivity index (χ4v) is 3.54. The molecule has 0 bridgehead atoms. The number of carbonyl (C=O) groups is 1. The second kappa shape index (κ2) is 6.23. The lowest BCUT2D eigenvalue weighted by Gasteiger charge is -2.38. The minimum atomic E-state index is -0.722. The molecule has 0 atom stereocenters. The summed E-state index contributed by atoms with van der Waals surface area (Å²) in [6, 6.07) is 0.441. The Morgan fingerprint density at radius 2 is 1.79 bits per heavy atom. The van der Waals surface area contributed by atoms with Gasteiger partial charge < -0.3 is 15.7 Å². The summed E-state index contributed by atoms with van der Waals surface area (Å²) in [5.74, 6) is 0.379. The average molecular weight is 268 g/mol. The van der Waals surface area contributed by atoms with E-state index in [2.05, 4.69) is 0 Å². The van der Waals surface area contributed by atoms with Crippen molar-refractivity contribution in [2.24, 2.45) is 11.7 Å². The molecule has 2 fully saturated rings. The van der Waals surface area contributed by atoms with Gasteiger partial charge in [-0.1, -0.05) is 19.3 Å². The molecule has 0 aromatic rings. The van der Waals surface area contributed by atoms with Crippen molar-refractivity contribution >= 4 is 5.91 Å². The Labute approximate surface area is 116 Å². The van der Waals surface area contributed by atoms with Crippen molar-refractivity contribution in [3.05, 3.63) is 0 Å². The number of nitrogens with two attached hydrogens (primary N) is 1. The molecule has 0 unspecified atom stereocenters. The highest BCUT2D eigenvalue weighted by atomic mass is 16.3. The molecule has 0 radical (unpaired) electrons. The van der Waals surface area contributed by atoms with Crippen LogP contribution < -0.4 is 5.73 Å². The Kier molecular flexibility index (Phi) is 4.85. The molecule has 2 rings (SSSR count). The normalized spacial score (nSPS) is 33.1. The summed E-state index contributed by atoms with van der Waals surface area (Å²) < 4.78 is 0. The molecule has 0 aromatic carbocycles. The number of carbonyl (C=O) groups excluding carboxylic acids is 1. The fraction of sp³-hybridized carbons (Fsp3) is 0.933. The zero-order valence-corrected chi connectivity index (χ0v) is 12.1. The molecular weight excluding hydrogens is 240 g/mol. The van der Waals surface area contributed by atoms with Crippen LogP contribution in [-0.4, -0.2) is 41.1 Å². The molecule has 0 saturated heterocycles. The summed E-state index contributed by atoms with van der Waals surface area (Å²) >= 11 is 0. The van der Waals surface area contributed by atoms with Crippen LogP contribution in [0.3, 0.4) is 0 Å². The molecule has 4 nitrogen and oxygen atoms in total. The number of aliphatic hydroxyl groups is 1. The maximum absolute atomic E-state index is 12.5. The lowest BCUT2D eigenvalue weighted by Crippen LogP contribution is -2.46. The fourth-order valence-electron chi connectivity index (χ4n) is 3.54. The Morgan fingerprint density at radius 3 is 2.32 bits per heavy atom. The van der Waals surface area contributed by atoms with Crippen LogP contribution in [0.4, 0.5) is 0 Å². The van der Waals surface area contributed by atoms with Crippen LogP contribution >= 0.6 is 0 Å². The van der Waals surface area contributed by atoms with Crippen LogP contribution in [0, 0.1) is 5.92 Å². The lowest BCUT2D eigenvalue weighted by atomic mass is 9.78. The Morgan fingerprint density at radius 1 is 1.21 bits per heavy atom. The van der Waals surface area contributed by atoms with Crippen LogP contribution in [-0.2, 0) is 4.79 Å². The van der Waals surface area contributed by atoms with E-state index in [0.717, 1.165) is 25.7 Å². The molecule has 0 aromatic heterocycles. The molecule has 110 valence electrons. The van der Waals surface area contributed by atoms with Gasteiger partial charge in [-0.2, -0.15) is 0 Å². The summed E-state index contributed by atoms with van der Waals surface area (Å²) in [5.41, 5.74) is 4.87. The van der Waals surface area contributed by atoms with E-state index in [0.29, 0.717) is 25.4 Å². The molecule has 19 heavy (non-hydrogen) atoms. The lowest BCUT2D eigenvalue weighted by molar-refractivity contribution is -0.139. The van der Waals surface area contributed by atoms with Gasteiger partial charge in [0.25, 0.3) is 0 Å². The Balaban J connectivity index is 1.86. The summed E-state index contributed by atoms with van der Waals surface area (Å²) in [4.78, 5) is 14.5. The second-order valence-electron chi connectivity index (χ2n) is 6.44. The van der Waals surface area contributed by atoms with Gasteiger partial charge in [0.2, 0.25) is 5.91 Å². The van der Waals surface area contributed by atoms with E-state index in [4.69, 9.17) is 5.73 Å². The Hall–Kier alpha value is -0.610. The van der Waals surface area contributed by atoms with Gasteiger partial charge in [0, 0.05) is 25.6 Å². The van der Waals surface area contributed by atoms with Gasteiger partial charge in [-0.05, 0) is 38.5 Å². The molecular formula is C15H28N2O2. The van der Waals surface area contributed by atoms with E-state index in [1.54, 1.807) is 0 Å². The van der Waals surface area contributed by atoms with E-state index in [1.165, 1.54) is 19.3 Å². The summed E-state index contributed by atoms with van der Waals surface area (Å²) in [6.07, 6.45) is 9.01. The maximum atomic E-state index is 12.5. The second-order valence-corrected chi connectivity index (χ2v) is 6.44. The van der Waals surface area contributed by atoms with Crippen LogP contribution in [0.15, 0.2) is 0 Å². The molecule has 4 heteroatoms. The van der Waals surface area contributed by atoms with Crippen molar-refractivity contribution in [2.75, 3.05) is 13.6 Å². The largest absolute Gasteiger partial charge is 0.389 e. The highest BCUT2D eigenvalue weighted by molar-refractivity contribution is 5.79. The molecule has 0 spiro atoms. The summed E-state index contributed by atoms with van der Waals surface area (Å²) in [7, 11) is 1.96. The van der Waals surface area contributed by atoms with Gasteiger partial charge in [-0.25, -0.2) is 0 Å². The van der Waals surface area contributed by atoms with E-state index in [9.17, 15) is 9.90 Å². The first kappa shape index (κ1) is 14.8. The van der Waals surface area contributed by atoms with Gasteiger partial charge in [-0.3, -0.25) is 4.79 Å². The maximum Gasteiger partial charge on any atom is 0.225 e. The molecule has 3 N–H and O–H groups in total. The van der Waals surface area contributed by atoms with Crippen LogP contribution in [0.1, 0.15) is 57.8 Å². The van der Waals surface area contributed by atoms with E-state index >= 15 is 0 Å². The Bertz CT molecular complexity index is 305. The van der Waals surface area contributed by atoms with Crippen molar-refractivity contribution in [3.63, 3.8) is 0 Å². The molecule has 2 aliphatic carbocycles. The first-order valence-corrected chi connectivity index (χ1v) is 7.75. The highest BCUT2D eigenvalue weighted by Gasteiger charge is 2.36. The minimum Gasteiger partial charge on any atom is -0.389 e. The number of nitrogens with zero attached hydrogens (tertiary/aromatic N) is 1. The monoisotopic (exact) mass is 268 g/mol. The van der Waals surface area contributed by atoms with Crippen molar-refractivity contribution in [1.29, 1.82) is 0 Å². The van der Waals surface area contributed by atoms with Gasteiger partial charge in [-0.15, -0.1) is 0 Å². The van der Waals surface area contributed by atoms with Crippen LogP contribution in [0.5, 0.6) is 0 Å². The van der Waals surface area contributed by atoms with Crippen LogP contribution in [0.2, 0.25) is 0 Å². The van der Waals surface area contributed by atoms with Gasteiger partial charge in [0.05, 0.1) is 5.60 Å². The predicted octanol–water partition coefficient (Wildman–Crippen LogP) is 1.66. The van der Waals surface area contributed by atoms with E-state index in [-0.39, 0.29) is 11.8 Å². The van der Waals surface area contributed by atoms with E-state index in [1.807, 2.05) is 11.9 Å². The smallest absolute Gasteiger partial charge is 0.225 e. The summed E-state index contributed by atoms with van der Waals surface area (Å²) in [6.45, 7) is 0.312. The molecule has 2 saturated carbocycles. The van der Waals surface area contributed by atoms with Crippen LogP contribution in [0.25, 0.3) is 0 Å². The number of rotatable bonds is 3. The van der Waals surface area contributed by atoms with Crippen molar-refractivity contribution in [1.82, 2.24) is 4.90 Å². The number of hydrogen-bond acceptors (Lipinski definition) is 3. The first-order valence-electron chi connectivity index (χ1n) is 7.75. The predicted molar refractivity (Wildman–Crippen MR) is 75.6 cm³/mol. The number of amides is 1. The first-order chi connectivity index (χ1) is 9.06. The minimum absolute atomic E-state index is 0.0961. The standard InChI is InChI=1S/C15H28N2O2/c1-17(13-5-3-2-4-6-13)14(18)12-7-9-15(19,11-16)10-8-12/h12-13,19H,2-11,16H2,1H3. The number of hydrogen-bond donors (Lipinski definition) is 2. The van der Waals surface area contributed by atoms with Gasteiger partial charge in [0.1, 0.15) is 0 Å². The third-order valence-electron chi connectivity index (χ3n) is 5.12. The van der Waals surface area contributed by atoms with Crippen molar-refractivity contribution in [2.45, 2.75) is 69.4 Å². The topological polar surface area (TPSA) is 66.6 Å². The average Bonchev–Trinajstić information content (AvgIpc) is 2.47. The molecule has 1 amide bonds. The summed E-state index contributed by atoms with van der Waals surface area (Å²) in [5, 5.41) is 10.1. The SMILES string of the molecule is CN(C(=O)C1CCC(O)(CN)CC1)C1CCCCC1. The zero-order chi connectivity index (χ0) is 13.9. The van der Waals surface area contributed by atoms with Gasteiger partial charge >= 0.3 is 0 Å². The third kappa shape index (κ3) is 3.48.